The molecule has 0 atom stereocenters. The largest absolute Gasteiger partial charge is 0.353 e. The number of rotatable bonds is 3. The van der Waals surface area contributed by atoms with Crippen LogP contribution in [0.5, 0.6) is 0 Å². The maximum atomic E-state index is 13.4. The summed E-state index contributed by atoms with van der Waals surface area (Å²) in [7, 11) is 0. The minimum absolute atomic E-state index is 0.232. The Labute approximate surface area is 178 Å². The smallest absolute Gasteiger partial charge is 0.135 e. The predicted molar refractivity (Wildman–Crippen MR) is 121 cm³/mol. The first kappa shape index (κ1) is 18.3. The molecule has 0 radical (unpaired) electrons. The standard InChI is InChI=1S/C25H22FN5/c26-17-6-4-15(5-7-17)18-2-1-3-21-19(18)14-23(28-21)25-24-22(30-31-25)9-8-20(29-24)16-10-12-27-13-11-16/h1-9,14,16,27-28H,10-13H2,(H,30,31). The number of halogens is 1. The van der Waals surface area contributed by atoms with E-state index in [0.717, 1.165) is 76.1 Å². The van der Waals surface area contributed by atoms with Gasteiger partial charge < -0.3 is 10.3 Å². The molecular formula is C25H22FN5. The van der Waals surface area contributed by atoms with Crippen LogP contribution in [-0.2, 0) is 0 Å². The number of pyridine rings is 1. The molecule has 6 heteroatoms. The quantitative estimate of drug-likeness (QED) is 0.373. The minimum atomic E-state index is -0.232. The van der Waals surface area contributed by atoms with Gasteiger partial charge in [0.25, 0.3) is 0 Å². The van der Waals surface area contributed by atoms with Gasteiger partial charge in [0.05, 0.1) is 11.2 Å². The Morgan fingerprint density at radius 2 is 1.74 bits per heavy atom. The van der Waals surface area contributed by atoms with E-state index in [9.17, 15) is 4.39 Å². The Balaban J connectivity index is 1.46. The summed E-state index contributed by atoms with van der Waals surface area (Å²) in [5.41, 5.74) is 7.77. The highest BCUT2D eigenvalue weighted by molar-refractivity contribution is 6.00. The van der Waals surface area contributed by atoms with Crippen LogP contribution < -0.4 is 5.32 Å². The summed E-state index contributed by atoms with van der Waals surface area (Å²) in [6.45, 7) is 2.08. The van der Waals surface area contributed by atoms with Gasteiger partial charge in [0, 0.05) is 22.5 Å². The third-order valence-corrected chi connectivity index (χ3v) is 6.26. The van der Waals surface area contributed by atoms with Gasteiger partial charge in [-0.3, -0.25) is 5.10 Å². The van der Waals surface area contributed by atoms with Crippen LogP contribution >= 0.6 is 0 Å². The van der Waals surface area contributed by atoms with Crippen LogP contribution in [0.1, 0.15) is 24.5 Å². The lowest BCUT2D eigenvalue weighted by molar-refractivity contribution is 0.454. The first-order valence-electron chi connectivity index (χ1n) is 10.7. The zero-order valence-corrected chi connectivity index (χ0v) is 17.0. The lowest BCUT2D eigenvalue weighted by Gasteiger charge is -2.22. The van der Waals surface area contributed by atoms with Crippen molar-refractivity contribution in [3.8, 4) is 22.5 Å². The van der Waals surface area contributed by atoms with Crippen molar-refractivity contribution in [2.45, 2.75) is 18.8 Å². The second-order valence-corrected chi connectivity index (χ2v) is 8.19. The number of benzene rings is 2. The van der Waals surface area contributed by atoms with E-state index in [1.807, 2.05) is 18.2 Å². The van der Waals surface area contributed by atoms with E-state index in [1.165, 1.54) is 12.1 Å². The molecule has 0 amide bonds. The Morgan fingerprint density at radius 1 is 0.903 bits per heavy atom. The fourth-order valence-electron chi connectivity index (χ4n) is 4.61. The topological polar surface area (TPSA) is 69.4 Å². The minimum Gasteiger partial charge on any atom is -0.353 e. The number of nitrogens with one attached hydrogen (secondary N) is 3. The fourth-order valence-corrected chi connectivity index (χ4v) is 4.61. The highest BCUT2D eigenvalue weighted by Gasteiger charge is 2.19. The average Bonchev–Trinajstić information content (AvgIpc) is 3.43. The van der Waals surface area contributed by atoms with Crippen molar-refractivity contribution in [2.75, 3.05) is 13.1 Å². The predicted octanol–water partition coefficient (Wildman–Crippen LogP) is 5.38. The van der Waals surface area contributed by atoms with E-state index < -0.39 is 0 Å². The SMILES string of the molecule is Fc1ccc(-c2cccc3[nH]c(-c4n[nH]c5ccc(C6CCNCC6)nc45)cc23)cc1. The Morgan fingerprint density at radius 3 is 2.58 bits per heavy atom. The van der Waals surface area contributed by atoms with Gasteiger partial charge >= 0.3 is 0 Å². The summed E-state index contributed by atoms with van der Waals surface area (Å²) < 4.78 is 13.4. The average molecular weight is 411 g/mol. The second kappa shape index (κ2) is 7.32. The maximum Gasteiger partial charge on any atom is 0.135 e. The molecule has 3 N–H and O–H groups in total. The molecule has 5 nitrogen and oxygen atoms in total. The highest BCUT2D eigenvalue weighted by Crippen LogP contribution is 2.34. The molecule has 6 rings (SSSR count). The molecule has 31 heavy (non-hydrogen) atoms. The number of hydrogen-bond acceptors (Lipinski definition) is 3. The van der Waals surface area contributed by atoms with Crippen LogP contribution in [0, 0.1) is 5.82 Å². The van der Waals surface area contributed by atoms with E-state index in [1.54, 1.807) is 0 Å². The number of nitrogens with zero attached hydrogens (tertiary/aromatic N) is 2. The molecule has 4 heterocycles. The van der Waals surface area contributed by atoms with Crippen LogP contribution in [0.2, 0.25) is 0 Å². The molecule has 0 spiro atoms. The van der Waals surface area contributed by atoms with Crippen molar-refractivity contribution in [3.63, 3.8) is 0 Å². The van der Waals surface area contributed by atoms with E-state index >= 15 is 0 Å². The zero-order chi connectivity index (χ0) is 20.8. The van der Waals surface area contributed by atoms with Crippen LogP contribution in [0.4, 0.5) is 4.39 Å². The molecule has 1 saturated heterocycles. The molecule has 3 aromatic heterocycles. The van der Waals surface area contributed by atoms with Crippen molar-refractivity contribution < 1.29 is 4.39 Å². The lowest BCUT2D eigenvalue weighted by Crippen LogP contribution is -2.27. The molecule has 1 aliphatic rings. The van der Waals surface area contributed by atoms with Gasteiger partial charge in [-0.25, -0.2) is 9.37 Å². The number of aromatic amines is 2. The number of piperidine rings is 1. The Hall–Kier alpha value is -3.51. The highest BCUT2D eigenvalue weighted by atomic mass is 19.1. The van der Waals surface area contributed by atoms with Crippen molar-refractivity contribution in [1.82, 2.24) is 25.5 Å². The zero-order valence-electron chi connectivity index (χ0n) is 17.0. The third kappa shape index (κ3) is 3.20. The van der Waals surface area contributed by atoms with Crippen molar-refractivity contribution in [2.24, 2.45) is 0 Å². The molecule has 0 bridgehead atoms. The van der Waals surface area contributed by atoms with Gasteiger partial charge in [0.15, 0.2) is 0 Å². The number of aromatic nitrogens is 4. The second-order valence-electron chi connectivity index (χ2n) is 8.19. The molecule has 5 aromatic rings. The van der Waals surface area contributed by atoms with E-state index in [2.05, 4.69) is 50.8 Å². The molecule has 2 aromatic carbocycles. The first-order valence-corrected chi connectivity index (χ1v) is 10.7. The lowest BCUT2D eigenvalue weighted by atomic mass is 9.94. The normalized spacial score (nSPS) is 15.1. The van der Waals surface area contributed by atoms with Crippen LogP contribution in [-0.4, -0.2) is 33.3 Å². The molecule has 0 aliphatic carbocycles. The monoisotopic (exact) mass is 411 g/mol. The summed E-state index contributed by atoms with van der Waals surface area (Å²) in [6.07, 6.45) is 2.22. The van der Waals surface area contributed by atoms with Gasteiger partial charge in [-0.2, -0.15) is 5.10 Å². The molecule has 1 fully saturated rings. The Bertz CT molecular complexity index is 1380. The molecule has 0 saturated carbocycles. The third-order valence-electron chi connectivity index (χ3n) is 6.26. The Kier molecular flexibility index (Phi) is 4.32. The van der Waals surface area contributed by atoms with E-state index in [0.29, 0.717) is 5.92 Å². The fraction of sp³-hybridized carbons (Fsp3) is 0.200. The molecule has 0 unspecified atom stereocenters. The summed E-state index contributed by atoms with van der Waals surface area (Å²) in [6, 6.07) is 19.1. The summed E-state index contributed by atoms with van der Waals surface area (Å²) in [4.78, 5) is 8.52. The van der Waals surface area contributed by atoms with Crippen molar-refractivity contribution in [1.29, 1.82) is 0 Å². The molecule has 154 valence electrons. The van der Waals surface area contributed by atoms with E-state index in [-0.39, 0.29) is 5.82 Å². The van der Waals surface area contributed by atoms with Gasteiger partial charge in [0.1, 0.15) is 17.0 Å². The summed E-state index contributed by atoms with van der Waals surface area (Å²) >= 11 is 0. The van der Waals surface area contributed by atoms with Crippen LogP contribution in [0.15, 0.2) is 60.7 Å². The summed E-state index contributed by atoms with van der Waals surface area (Å²) in [5, 5.41) is 12.2. The van der Waals surface area contributed by atoms with Crippen LogP contribution in [0.25, 0.3) is 44.5 Å². The molecular weight excluding hydrogens is 389 g/mol. The first-order chi connectivity index (χ1) is 15.3. The maximum absolute atomic E-state index is 13.4. The van der Waals surface area contributed by atoms with E-state index in [4.69, 9.17) is 4.98 Å². The number of H-pyrrole nitrogens is 2. The number of hydrogen-bond donors (Lipinski definition) is 3. The van der Waals surface area contributed by atoms with Gasteiger partial charge in [-0.05, 0) is 73.5 Å². The molecule has 1 aliphatic heterocycles. The van der Waals surface area contributed by atoms with Crippen molar-refractivity contribution in [3.05, 3.63) is 72.2 Å². The van der Waals surface area contributed by atoms with Gasteiger partial charge in [-0.1, -0.05) is 24.3 Å². The number of fused-ring (bicyclic) bond motifs is 2. The van der Waals surface area contributed by atoms with Crippen molar-refractivity contribution >= 4 is 21.9 Å². The van der Waals surface area contributed by atoms with Gasteiger partial charge in [0.2, 0.25) is 0 Å². The summed E-state index contributed by atoms with van der Waals surface area (Å²) in [5.74, 6) is 0.255. The van der Waals surface area contributed by atoms with Crippen LogP contribution in [0.3, 0.4) is 0 Å². The van der Waals surface area contributed by atoms with Gasteiger partial charge in [-0.15, -0.1) is 0 Å².